The third kappa shape index (κ3) is 2.72. The minimum Gasteiger partial charge on any atom is -0.396 e. The highest BCUT2D eigenvalue weighted by Gasteiger charge is 2.26. The monoisotopic (exact) mass is 251 g/mol. The van der Waals surface area contributed by atoms with E-state index in [2.05, 4.69) is 10.2 Å². The van der Waals surface area contributed by atoms with Gasteiger partial charge in [0.1, 0.15) is 0 Å². The highest BCUT2D eigenvalue weighted by Crippen LogP contribution is 2.21. The SMILES string of the molecule is Cc1n[nH]c(C)c1CC(=O)N1CCC(CCO)C1. The van der Waals surface area contributed by atoms with Gasteiger partial charge in [-0.1, -0.05) is 0 Å². The van der Waals surface area contributed by atoms with Crippen LogP contribution >= 0.6 is 0 Å². The van der Waals surface area contributed by atoms with Crippen LogP contribution in [0.1, 0.15) is 29.8 Å². The van der Waals surface area contributed by atoms with E-state index < -0.39 is 0 Å². The number of aliphatic hydroxyl groups is 1. The van der Waals surface area contributed by atoms with Gasteiger partial charge in [-0.05, 0) is 32.6 Å². The molecular weight excluding hydrogens is 230 g/mol. The predicted octanol–water partition coefficient (Wildman–Crippen LogP) is 0.800. The minimum atomic E-state index is 0.169. The summed E-state index contributed by atoms with van der Waals surface area (Å²) < 4.78 is 0. The molecule has 1 aromatic heterocycles. The van der Waals surface area contributed by atoms with E-state index in [0.717, 1.165) is 42.9 Å². The van der Waals surface area contributed by atoms with E-state index in [1.807, 2.05) is 18.7 Å². The minimum absolute atomic E-state index is 0.169. The van der Waals surface area contributed by atoms with Crippen LogP contribution in [-0.2, 0) is 11.2 Å². The smallest absolute Gasteiger partial charge is 0.227 e. The van der Waals surface area contributed by atoms with E-state index in [9.17, 15) is 4.79 Å². The molecule has 1 aromatic rings. The first-order chi connectivity index (χ1) is 8.61. The number of hydrogen-bond acceptors (Lipinski definition) is 3. The maximum atomic E-state index is 12.2. The molecule has 2 N–H and O–H groups in total. The summed E-state index contributed by atoms with van der Waals surface area (Å²) in [4.78, 5) is 14.1. The standard InChI is InChI=1S/C13H21N3O2/c1-9-12(10(2)15-14-9)7-13(18)16-5-3-11(8-16)4-6-17/h11,17H,3-8H2,1-2H3,(H,14,15). The number of nitrogens with zero attached hydrogens (tertiary/aromatic N) is 2. The molecule has 2 rings (SSSR count). The van der Waals surface area contributed by atoms with Gasteiger partial charge in [-0.25, -0.2) is 0 Å². The molecule has 0 aromatic carbocycles. The normalized spacial score (nSPS) is 19.5. The van der Waals surface area contributed by atoms with Crippen LogP contribution in [-0.4, -0.2) is 45.8 Å². The number of aryl methyl sites for hydroxylation is 2. The summed E-state index contributed by atoms with van der Waals surface area (Å²) in [7, 11) is 0. The molecule has 5 heteroatoms. The van der Waals surface area contributed by atoms with Crippen LogP contribution < -0.4 is 0 Å². The number of amides is 1. The molecule has 0 saturated carbocycles. The first-order valence-corrected chi connectivity index (χ1v) is 6.51. The lowest BCUT2D eigenvalue weighted by Gasteiger charge is -2.16. The molecule has 2 heterocycles. The number of rotatable bonds is 4. The summed E-state index contributed by atoms with van der Waals surface area (Å²) in [6, 6.07) is 0. The van der Waals surface area contributed by atoms with Crippen LogP contribution in [0.15, 0.2) is 0 Å². The Bertz CT molecular complexity index is 408. The van der Waals surface area contributed by atoms with Crippen LogP contribution in [0.25, 0.3) is 0 Å². The first-order valence-electron chi connectivity index (χ1n) is 6.51. The summed E-state index contributed by atoms with van der Waals surface area (Å²) >= 11 is 0. The van der Waals surface area contributed by atoms with E-state index in [0.29, 0.717) is 12.3 Å². The van der Waals surface area contributed by atoms with E-state index >= 15 is 0 Å². The van der Waals surface area contributed by atoms with Crippen molar-refractivity contribution < 1.29 is 9.90 Å². The Morgan fingerprint density at radius 3 is 2.94 bits per heavy atom. The Hall–Kier alpha value is -1.36. The average Bonchev–Trinajstić information content (AvgIpc) is 2.91. The van der Waals surface area contributed by atoms with Crippen LogP contribution in [0.2, 0.25) is 0 Å². The molecule has 1 aliphatic heterocycles. The zero-order valence-corrected chi connectivity index (χ0v) is 11.1. The van der Waals surface area contributed by atoms with Crippen LogP contribution in [0.3, 0.4) is 0 Å². The second-order valence-electron chi connectivity index (χ2n) is 5.10. The van der Waals surface area contributed by atoms with Crippen molar-refractivity contribution in [2.75, 3.05) is 19.7 Å². The summed E-state index contributed by atoms with van der Waals surface area (Å²) in [5.41, 5.74) is 2.91. The molecular formula is C13H21N3O2. The Morgan fingerprint density at radius 2 is 2.33 bits per heavy atom. The fourth-order valence-electron chi connectivity index (χ4n) is 2.57. The van der Waals surface area contributed by atoms with Gasteiger partial charge in [-0.2, -0.15) is 5.10 Å². The molecule has 0 radical (unpaired) electrons. The first kappa shape index (κ1) is 13.1. The van der Waals surface area contributed by atoms with Gasteiger partial charge in [0.2, 0.25) is 5.91 Å². The van der Waals surface area contributed by atoms with Gasteiger partial charge in [0, 0.05) is 31.0 Å². The summed E-state index contributed by atoms with van der Waals surface area (Å²) in [5.74, 6) is 0.633. The third-order valence-corrected chi connectivity index (χ3v) is 3.78. The zero-order valence-electron chi connectivity index (χ0n) is 11.1. The lowest BCUT2D eigenvalue weighted by Crippen LogP contribution is -2.30. The van der Waals surface area contributed by atoms with Crippen molar-refractivity contribution in [3.8, 4) is 0 Å². The zero-order chi connectivity index (χ0) is 13.1. The van der Waals surface area contributed by atoms with Gasteiger partial charge < -0.3 is 10.0 Å². The van der Waals surface area contributed by atoms with Gasteiger partial charge in [-0.3, -0.25) is 9.89 Å². The third-order valence-electron chi connectivity index (χ3n) is 3.78. The van der Waals surface area contributed by atoms with Crippen LogP contribution in [0, 0.1) is 19.8 Å². The molecule has 1 atom stereocenters. The van der Waals surface area contributed by atoms with Crippen molar-refractivity contribution in [3.63, 3.8) is 0 Å². The number of nitrogens with one attached hydrogen (secondary N) is 1. The van der Waals surface area contributed by atoms with Gasteiger partial charge >= 0.3 is 0 Å². The van der Waals surface area contributed by atoms with Crippen molar-refractivity contribution >= 4 is 5.91 Å². The second-order valence-corrected chi connectivity index (χ2v) is 5.10. The number of carbonyl (C=O) groups is 1. The lowest BCUT2D eigenvalue weighted by atomic mass is 10.1. The van der Waals surface area contributed by atoms with E-state index in [1.54, 1.807) is 0 Å². The van der Waals surface area contributed by atoms with Gasteiger partial charge in [0.05, 0.1) is 12.1 Å². The number of likely N-dealkylation sites (tertiary alicyclic amines) is 1. The van der Waals surface area contributed by atoms with Gasteiger partial charge in [0.15, 0.2) is 0 Å². The molecule has 18 heavy (non-hydrogen) atoms. The summed E-state index contributed by atoms with van der Waals surface area (Å²) in [6.45, 7) is 5.69. The lowest BCUT2D eigenvalue weighted by molar-refractivity contribution is -0.129. The highest BCUT2D eigenvalue weighted by atomic mass is 16.3. The molecule has 100 valence electrons. The molecule has 5 nitrogen and oxygen atoms in total. The predicted molar refractivity (Wildman–Crippen MR) is 68.2 cm³/mol. The Kier molecular flexibility index (Phi) is 4.01. The van der Waals surface area contributed by atoms with E-state index in [1.165, 1.54) is 0 Å². The topological polar surface area (TPSA) is 69.2 Å². The molecule has 1 saturated heterocycles. The number of carbonyl (C=O) groups excluding carboxylic acids is 1. The maximum absolute atomic E-state index is 12.2. The summed E-state index contributed by atoms with van der Waals surface area (Å²) in [6.07, 6.45) is 2.24. The molecule has 1 aliphatic rings. The molecule has 0 bridgehead atoms. The Morgan fingerprint density at radius 1 is 1.56 bits per heavy atom. The van der Waals surface area contributed by atoms with Crippen LogP contribution in [0.4, 0.5) is 0 Å². The maximum Gasteiger partial charge on any atom is 0.227 e. The number of aromatic amines is 1. The highest BCUT2D eigenvalue weighted by molar-refractivity contribution is 5.79. The Balaban J connectivity index is 1.93. The van der Waals surface area contributed by atoms with E-state index in [4.69, 9.17) is 5.11 Å². The molecule has 0 aliphatic carbocycles. The van der Waals surface area contributed by atoms with Crippen molar-refractivity contribution in [2.24, 2.45) is 5.92 Å². The largest absolute Gasteiger partial charge is 0.396 e. The molecule has 0 spiro atoms. The van der Waals surface area contributed by atoms with E-state index in [-0.39, 0.29) is 12.5 Å². The van der Waals surface area contributed by atoms with Crippen LogP contribution in [0.5, 0.6) is 0 Å². The molecule has 1 amide bonds. The molecule has 1 unspecified atom stereocenters. The van der Waals surface area contributed by atoms with Crippen molar-refractivity contribution in [3.05, 3.63) is 17.0 Å². The number of H-pyrrole nitrogens is 1. The number of aliphatic hydroxyl groups excluding tert-OH is 1. The van der Waals surface area contributed by atoms with Crippen molar-refractivity contribution in [2.45, 2.75) is 33.1 Å². The quantitative estimate of drug-likeness (QED) is 0.831. The number of hydrogen-bond donors (Lipinski definition) is 2. The van der Waals surface area contributed by atoms with Crippen molar-refractivity contribution in [1.82, 2.24) is 15.1 Å². The molecule has 1 fully saturated rings. The van der Waals surface area contributed by atoms with Gasteiger partial charge in [0.25, 0.3) is 0 Å². The number of aromatic nitrogens is 2. The Labute approximate surface area is 107 Å². The second kappa shape index (κ2) is 5.52. The van der Waals surface area contributed by atoms with Crippen molar-refractivity contribution in [1.29, 1.82) is 0 Å². The average molecular weight is 251 g/mol. The fraction of sp³-hybridized carbons (Fsp3) is 0.692. The van der Waals surface area contributed by atoms with Gasteiger partial charge in [-0.15, -0.1) is 0 Å². The fourth-order valence-corrected chi connectivity index (χ4v) is 2.57. The summed E-state index contributed by atoms with van der Waals surface area (Å²) in [5, 5.41) is 15.9.